The van der Waals surface area contributed by atoms with Gasteiger partial charge in [-0.3, -0.25) is 5.48 Å². The molecule has 0 spiro atoms. The van der Waals surface area contributed by atoms with E-state index in [1.165, 1.54) is 0 Å². The van der Waals surface area contributed by atoms with Crippen LogP contribution in [0.2, 0.25) is 0 Å². The van der Waals surface area contributed by atoms with Gasteiger partial charge in [-0.05, 0) is 25.2 Å². The van der Waals surface area contributed by atoms with Crippen molar-refractivity contribution in [3.63, 3.8) is 0 Å². The van der Waals surface area contributed by atoms with Crippen molar-refractivity contribution in [1.82, 2.24) is 4.90 Å². The number of hydrogen-bond acceptors (Lipinski definition) is 4. The molecule has 0 unspecified atom stereocenters. The fourth-order valence-corrected chi connectivity index (χ4v) is 1.94. The minimum Gasteiger partial charge on any atom is -0.369 e. The van der Waals surface area contributed by atoms with Crippen LogP contribution in [0.15, 0.2) is 24.3 Å². The van der Waals surface area contributed by atoms with Crippen molar-refractivity contribution in [2.45, 2.75) is 6.61 Å². The van der Waals surface area contributed by atoms with E-state index < -0.39 is 6.61 Å². The first kappa shape index (κ1) is 13.0. The zero-order valence-electron chi connectivity index (χ0n) is 10.3. The fourth-order valence-electron chi connectivity index (χ4n) is 1.94. The Kier molecular flexibility index (Phi) is 4.33. The van der Waals surface area contributed by atoms with Crippen LogP contribution < -0.4 is 10.4 Å². The second-order valence-corrected chi connectivity index (χ2v) is 4.32. The molecular formula is C12H17F2N3O. The Morgan fingerprint density at radius 1 is 1.22 bits per heavy atom. The number of halogens is 2. The standard InChI is InChI=1S/C12H17F2N3O/c1-16-5-7-17(8-6-16)11-4-2-3-10(9-11)15-18-12(13)14/h2-4,9,12,15H,5-8H2,1H3. The first-order chi connectivity index (χ1) is 8.65. The van der Waals surface area contributed by atoms with Gasteiger partial charge in [-0.15, -0.1) is 0 Å². The van der Waals surface area contributed by atoms with E-state index in [9.17, 15) is 8.78 Å². The molecule has 18 heavy (non-hydrogen) atoms. The third-order valence-electron chi connectivity index (χ3n) is 2.98. The van der Waals surface area contributed by atoms with Crippen molar-refractivity contribution in [1.29, 1.82) is 0 Å². The van der Waals surface area contributed by atoms with Crippen molar-refractivity contribution in [3.05, 3.63) is 24.3 Å². The number of likely N-dealkylation sites (N-methyl/N-ethyl adjacent to an activating group) is 1. The van der Waals surface area contributed by atoms with E-state index in [1.807, 2.05) is 18.2 Å². The molecule has 1 fully saturated rings. The third kappa shape index (κ3) is 3.54. The number of benzene rings is 1. The van der Waals surface area contributed by atoms with Crippen molar-refractivity contribution < 1.29 is 13.6 Å². The lowest BCUT2D eigenvalue weighted by atomic mass is 10.2. The summed E-state index contributed by atoms with van der Waals surface area (Å²) in [6.07, 6.45) is 0. The molecule has 1 aromatic carbocycles. The van der Waals surface area contributed by atoms with Gasteiger partial charge in [0.1, 0.15) is 0 Å². The highest BCUT2D eigenvalue weighted by Crippen LogP contribution is 2.21. The molecule has 2 rings (SSSR count). The summed E-state index contributed by atoms with van der Waals surface area (Å²) in [4.78, 5) is 8.57. The maximum Gasteiger partial charge on any atom is 0.364 e. The molecule has 1 N–H and O–H groups in total. The van der Waals surface area contributed by atoms with Crippen LogP contribution in [0.4, 0.5) is 20.2 Å². The highest BCUT2D eigenvalue weighted by molar-refractivity contribution is 5.57. The number of nitrogens with one attached hydrogen (secondary N) is 1. The third-order valence-corrected chi connectivity index (χ3v) is 2.98. The molecule has 100 valence electrons. The van der Waals surface area contributed by atoms with Crippen LogP contribution in [-0.4, -0.2) is 44.7 Å². The van der Waals surface area contributed by atoms with E-state index in [-0.39, 0.29) is 0 Å². The van der Waals surface area contributed by atoms with Gasteiger partial charge in [-0.1, -0.05) is 6.07 Å². The zero-order chi connectivity index (χ0) is 13.0. The van der Waals surface area contributed by atoms with Gasteiger partial charge in [0.2, 0.25) is 0 Å². The van der Waals surface area contributed by atoms with E-state index in [0.29, 0.717) is 5.69 Å². The number of rotatable bonds is 4. The van der Waals surface area contributed by atoms with Gasteiger partial charge >= 0.3 is 6.61 Å². The second kappa shape index (κ2) is 5.97. The maximum absolute atomic E-state index is 11.9. The Morgan fingerprint density at radius 3 is 2.61 bits per heavy atom. The molecule has 0 aliphatic carbocycles. The van der Waals surface area contributed by atoms with E-state index in [4.69, 9.17) is 0 Å². The van der Waals surface area contributed by atoms with Crippen LogP contribution in [0.3, 0.4) is 0 Å². The van der Waals surface area contributed by atoms with Gasteiger partial charge in [-0.25, -0.2) is 4.84 Å². The van der Waals surface area contributed by atoms with E-state index in [1.54, 1.807) is 6.07 Å². The summed E-state index contributed by atoms with van der Waals surface area (Å²) in [5, 5.41) is 0. The van der Waals surface area contributed by atoms with Gasteiger partial charge in [0.25, 0.3) is 0 Å². The molecule has 0 aromatic heterocycles. The van der Waals surface area contributed by atoms with Gasteiger partial charge in [0.05, 0.1) is 5.69 Å². The van der Waals surface area contributed by atoms with E-state index in [0.717, 1.165) is 31.9 Å². The lowest BCUT2D eigenvalue weighted by Crippen LogP contribution is -2.44. The molecule has 0 saturated carbocycles. The molecular weight excluding hydrogens is 240 g/mol. The monoisotopic (exact) mass is 257 g/mol. The van der Waals surface area contributed by atoms with Crippen molar-refractivity contribution in [2.75, 3.05) is 43.6 Å². The van der Waals surface area contributed by atoms with E-state index >= 15 is 0 Å². The average molecular weight is 257 g/mol. The van der Waals surface area contributed by atoms with Gasteiger partial charge in [-0.2, -0.15) is 8.78 Å². The summed E-state index contributed by atoms with van der Waals surface area (Å²) in [6.45, 7) is 1.07. The smallest absolute Gasteiger partial charge is 0.364 e. The SMILES string of the molecule is CN1CCN(c2cccc(NOC(F)F)c2)CC1. The van der Waals surface area contributed by atoms with Crippen molar-refractivity contribution in [3.8, 4) is 0 Å². The molecule has 0 bridgehead atoms. The molecule has 1 aliphatic rings. The summed E-state index contributed by atoms with van der Waals surface area (Å²) < 4.78 is 23.8. The highest BCUT2D eigenvalue weighted by atomic mass is 19.3. The van der Waals surface area contributed by atoms with E-state index in [2.05, 4.69) is 27.2 Å². The molecule has 6 heteroatoms. The second-order valence-electron chi connectivity index (χ2n) is 4.32. The van der Waals surface area contributed by atoms with Crippen LogP contribution in [-0.2, 0) is 4.84 Å². The minimum absolute atomic E-state index is 0.534. The van der Waals surface area contributed by atoms with Crippen LogP contribution in [0.5, 0.6) is 0 Å². The lowest BCUT2D eigenvalue weighted by molar-refractivity contribution is -0.105. The Bertz CT molecular complexity index is 381. The topological polar surface area (TPSA) is 27.7 Å². The molecule has 0 atom stereocenters. The normalized spacial score (nSPS) is 17.2. The molecule has 0 radical (unpaired) electrons. The Balaban J connectivity index is 1.98. The average Bonchev–Trinajstić information content (AvgIpc) is 2.37. The predicted octanol–water partition coefficient (Wildman–Crippen LogP) is 2.00. The predicted molar refractivity (Wildman–Crippen MR) is 66.9 cm³/mol. The molecule has 1 aromatic rings. The number of piperazine rings is 1. The summed E-state index contributed by atoms with van der Waals surface area (Å²) in [7, 11) is 2.09. The van der Waals surface area contributed by atoms with Crippen LogP contribution in [0.1, 0.15) is 0 Å². The Morgan fingerprint density at radius 2 is 1.94 bits per heavy atom. The number of hydrogen-bond donors (Lipinski definition) is 1. The number of nitrogens with zero attached hydrogens (tertiary/aromatic N) is 2. The van der Waals surface area contributed by atoms with Crippen molar-refractivity contribution >= 4 is 11.4 Å². The molecule has 1 saturated heterocycles. The minimum atomic E-state index is -2.82. The first-order valence-corrected chi connectivity index (χ1v) is 5.88. The highest BCUT2D eigenvalue weighted by Gasteiger charge is 2.14. The maximum atomic E-state index is 11.9. The summed E-state index contributed by atoms with van der Waals surface area (Å²) in [6, 6.07) is 7.30. The lowest BCUT2D eigenvalue weighted by Gasteiger charge is -2.34. The number of alkyl halides is 2. The largest absolute Gasteiger partial charge is 0.369 e. The van der Waals surface area contributed by atoms with Crippen molar-refractivity contribution in [2.24, 2.45) is 0 Å². The molecule has 1 heterocycles. The Hall–Kier alpha value is -1.40. The fraction of sp³-hybridized carbons (Fsp3) is 0.500. The van der Waals surface area contributed by atoms with Gasteiger partial charge < -0.3 is 9.80 Å². The summed E-state index contributed by atoms with van der Waals surface area (Å²) in [5.74, 6) is 0. The quantitative estimate of drug-likeness (QED) is 0.835. The van der Waals surface area contributed by atoms with Gasteiger partial charge in [0.15, 0.2) is 0 Å². The van der Waals surface area contributed by atoms with Crippen LogP contribution >= 0.6 is 0 Å². The first-order valence-electron chi connectivity index (χ1n) is 5.88. The molecule has 4 nitrogen and oxygen atoms in total. The summed E-state index contributed by atoms with van der Waals surface area (Å²) in [5.41, 5.74) is 3.80. The molecule has 0 amide bonds. The zero-order valence-corrected chi connectivity index (χ0v) is 10.3. The van der Waals surface area contributed by atoms with Gasteiger partial charge in [0, 0.05) is 31.9 Å². The Labute approximate surface area is 105 Å². The molecule has 1 aliphatic heterocycles. The summed E-state index contributed by atoms with van der Waals surface area (Å²) >= 11 is 0. The van der Waals surface area contributed by atoms with Crippen LogP contribution in [0.25, 0.3) is 0 Å². The van der Waals surface area contributed by atoms with Crippen LogP contribution in [0, 0.1) is 0 Å². The number of anilines is 2.